The second kappa shape index (κ2) is 9.60. The van der Waals surface area contributed by atoms with Gasteiger partial charge in [-0.25, -0.2) is 0 Å². The Morgan fingerprint density at radius 2 is 2.19 bits per heavy atom. The van der Waals surface area contributed by atoms with Crippen molar-refractivity contribution in [1.82, 2.24) is 0 Å². The van der Waals surface area contributed by atoms with E-state index in [0.717, 1.165) is 36.1 Å². The van der Waals surface area contributed by atoms with Gasteiger partial charge in [0.25, 0.3) is 0 Å². The van der Waals surface area contributed by atoms with E-state index in [9.17, 15) is 4.79 Å². The van der Waals surface area contributed by atoms with Crippen LogP contribution in [0.1, 0.15) is 37.3 Å². The van der Waals surface area contributed by atoms with Crippen LogP contribution in [-0.4, -0.2) is 32.9 Å². The lowest BCUT2D eigenvalue weighted by molar-refractivity contribution is -0.138. The molecule has 0 N–H and O–H groups in total. The summed E-state index contributed by atoms with van der Waals surface area (Å²) in [5, 5.41) is 0. The standard InChI is InChI=1S/C17H21NO3/c1-4-5-6-7-8-14-9-10-16(20-2)11-15(14)12-18-13-17(19)21-3/h9-12H,4-6,13H2,1-3H3. The van der Waals surface area contributed by atoms with Crippen LogP contribution in [0.4, 0.5) is 0 Å². The van der Waals surface area contributed by atoms with Crippen molar-refractivity contribution in [3.8, 4) is 17.6 Å². The van der Waals surface area contributed by atoms with Gasteiger partial charge in [-0.15, -0.1) is 0 Å². The molecule has 0 aliphatic carbocycles. The fourth-order valence-electron chi connectivity index (χ4n) is 1.59. The van der Waals surface area contributed by atoms with E-state index in [0.29, 0.717) is 0 Å². The average molecular weight is 287 g/mol. The van der Waals surface area contributed by atoms with Crippen molar-refractivity contribution in [1.29, 1.82) is 0 Å². The van der Waals surface area contributed by atoms with Gasteiger partial charge in [0.15, 0.2) is 0 Å². The first kappa shape index (κ1) is 16.8. The van der Waals surface area contributed by atoms with Crippen molar-refractivity contribution in [3.05, 3.63) is 29.3 Å². The quantitative estimate of drug-likeness (QED) is 0.350. The number of methoxy groups -OCH3 is 2. The molecule has 0 aliphatic heterocycles. The van der Waals surface area contributed by atoms with E-state index in [1.165, 1.54) is 7.11 Å². The number of rotatable bonds is 6. The van der Waals surface area contributed by atoms with Gasteiger partial charge in [-0.1, -0.05) is 25.2 Å². The highest BCUT2D eigenvalue weighted by Crippen LogP contribution is 2.15. The highest BCUT2D eigenvalue weighted by atomic mass is 16.5. The van der Waals surface area contributed by atoms with E-state index in [-0.39, 0.29) is 12.5 Å². The van der Waals surface area contributed by atoms with E-state index < -0.39 is 0 Å². The molecule has 1 aromatic carbocycles. The second-order valence-corrected chi connectivity index (χ2v) is 4.40. The maximum absolute atomic E-state index is 11.1. The van der Waals surface area contributed by atoms with Crippen molar-refractivity contribution in [2.24, 2.45) is 4.99 Å². The average Bonchev–Trinajstić information content (AvgIpc) is 2.52. The molecule has 1 rings (SSSR count). The summed E-state index contributed by atoms with van der Waals surface area (Å²) in [5.41, 5.74) is 1.71. The Morgan fingerprint density at radius 3 is 2.86 bits per heavy atom. The maximum atomic E-state index is 11.1. The van der Waals surface area contributed by atoms with Gasteiger partial charge in [0.1, 0.15) is 12.3 Å². The van der Waals surface area contributed by atoms with E-state index in [1.807, 2.05) is 18.2 Å². The Hall–Kier alpha value is -2.28. The highest BCUT2D eigenvalue weighted by Gasteiger charge is 2.01. The van der Waals surface area contributed by atoms with Crippen LogP contribution in [0.3, 0.4) is 0 Å². The highest BCUT2D eigenvalue weighted by molar-refractivity contribution is 5.86. The van der Waals surface area contributed by atoms with Gasteiger partial charge in [-0.2, -0.15) is 0 Å². The minimum absolute atomic E-state index is 0.00356. The van der Waals surface area contributed by atoms with Crippen molar-refractivity contribution in [3.63, 3.8) is 0 Å². The van der Waals surface area contributed by atoms with E-state index in [2.05, 4.69) is 28.5 Å². The number of aliphatic imine (C=N–C) groups is 1. The number of benzene rings is 1. The molecule has 0 fully saturated rings. The van der Waals surface area contributed by atoms with Crippen LogP contribution < -0.4 is 4.74 Å². The van der Waals surface area contributed by atoms with Gasteiger partial charge in [0, 0.05) is 23.8 Å². The molecule has 21 heavy (non-hydrogen) atoms. The molecule has 4 heteroatoms. The summed E-state index contributed by atoms with van der Waals surface area (Å²) < 4.78 is 9.75. The number of carbonyl (C=O) groups is 1. The Bertz CT molecular complexity index is 553. The van der Waals surface area contributed by atoms with Crippen LogP contribution >= 0.6 is 0 Å². The van der Waals surface area contributed by atoms with Crippen LogP contribution in [0.5, 0.6) is 5.75 Å². The van der Waals surface area contributed by atoms with Gasteiger partial charge in [0.2, 0.25) is 0 Å². The third kappa shape index (κ3) is 6.13. The lowest BCUT2D eigenvalue weighted by Gasteiger charge is -2.03. The lowest BCUT2D eigenvalue weighted by Crippen LogP contribution is -2.04. The Labute approximate surface area is 126 Å². The predicted octanol–water partition coefficient (Wildman–Crippen LogP) is 2.83. The first-order valence-corrected chi connectivity index (χ1v) is 6.94. The first-order chi connectivity index (χ1) is 10.2. The second-order valence-electron chi connectivity index (χ2n) is 4.40. The molecule has 0 radical (unpaired) electrons. The fourth-order valence-corrected chi connectivity index (χ4v) is 1.59. The van der Waals surface area contributed by atoms with E-state index >= 15 is 0 Å². The Kier molecular flexibility index (Phi) is 7.67. The van der Waals surface area contributed by atoms with Crippen molar-refractivity contribution in [2.75, 3.05) is 20.8 Å². The summed E-state index contributed by atoms with van der Waals surface area (Å²) in [6.45, 7) is 2.14. The summed E-state index contributed by atoms with van der Waals surface area (Å²) in [7, 11) is 2.95. The molecule has 112 valence electrons. The molecule has 0 aromatic heterocycles. The summed E-state index contributed by atoms with van der Waals surface area (Å²) >= 11 is 0. The number of hydrogen-bond donors (Lipinski definition) is 0. The lowest BCUT2D eigenvalue weighted by atomic mass is 10.1. The molecular weight excluding hydrogens is 266 g/mol. The largest absolute Gasteiger partial charge is 0.497 e. The third-order valence-electron chi connectivity index (χ3n) is 2.82. The Morgan fingerprint density at radius 1 is 1.38 bits per heavy atom. The van der Waals surface area contributed by atoms with Crippen LogP contribution in [0, 0.1) is 11.8 Å². The van der Waals surface area contributed by atoms with Crippen LogP contribution in [-0.2, 0) is 9.53 Å². The third-order valence-corrected chi connectivity index (χ3v) is 2.82. The summed E-state index contributed by atoms with van der Waals surface area (Å²) in [6.07, 6.45) is 4.73. The zero-order valence-electron chi connectivity index (χ0n) is 12.8. The SMILES string of the molecule is CCCCC#Cc1ccc(OC)cc1C=NCC(=O)OC. The smallest absolute Gasteiger partial charge is 0.327 e. The van der Waals surface area contributed by atoms with Crippen LogP contribution in [0.15, 0.2) is 23.2 Å². The number of hydrogen-bond acceptors (Lipinski definition) is 4. The number of carbonyl (C=O) groups excluding carboxylic acids is 1. The number of esters is 1. The maximum Gasteiger partial charge on any atom is 0.327 e. The monoisotopic (exact) mass is 287 g/mol. The van der Waals surface area contributed by atoms with Crippen molar-refractivity contribution < 1.29 is 14.3 Å². The van der Waals surface area contributed by atoms with Crippen LogP contribution in [0.2, 0.25) is 0 Å². The van der Waals surface area contributed by atoms with Gasteiger partial charge in [-0.05, 0) is 24.6 Å². The van der Waals surface area contributed by atoms with Crippen molar-refractivity contribution in [2.45, 2.75) is 26.2 Å². The topological polar surface area (TPSA) is 47.9 Å². The normalized spacial score (nSPS) is 10.0. The van der Waals surface area contributed by atoms with Crippen LogP contribution in [0.25, 0.3) is 0 Å². The Balaban J connectivity index is 2.90. The molecule has 0 spiro atoms. The summed E-state index contributed by atoms with van der Waals surface area (Å²) in [4.78, 5) is 15.1. The molecule has 0 aliphatic rings. The molecule has 0 amide bonds. The minimum Gasteiger partial charge on any atom is -0.497 e. The molecule has 0 atom stereocenters. The van der Waals surface area contributed by atoms with Gasteiger partial charge in [-0.3, -0.25) is 9.79 Å². The molecule has 0 saturated carbocycles. The number of unbranched alkanes of at least 4 members (excludes halogenated alkanes) is 2. The minimum atomic E-state index is -0.371. The van der Waals surface area contributed by atoms with E-state index in [4.69, 9.17) is 4.74 Å². The first-order valence-electron chi connectivity index (χ1n) is 6.94. The molecule has 0 bridgehead atoms. The number of ether oxygens (including phenoxy) is 2. The molecule has 0 heterocycles. The van der Waals surface area contributed by atoms with Gasteiger partial charge >= 0.3 is 5.97 Å². The predicted molar refractivity (Wildman–Crippen MR) is 83.9 cm³/mol. The molecule has 1 aromatic rings. The summed E-state index contributed by atoms with van der Waals surface area (Å²) in [5.74, 6) is 6.64. The molecule has 0 saturated heterocycles. The molecule has 0 unspecified atom stereocenters. The number of nitrogens with zero attached hydrogens (tertiary/aromatic N) is 1. The van der Waals surface area contributed by atoms with Gasteiger partial charge < -0.3 is 9.47 Å². The molecular formula is C17H21NO3. The summed E-state index contributed by atoms with van der Waals surface area (Å²) in [6, 6.07) is 5.61. The molecule has 4 nitrogen and oxygen atoms in total. The van der Waals surface area contributed by atoms with E-state index in [1.54, 1.807) is 13.3 Å². The zero-order chi connectivity index (χ0) is 15.5. The zero-order valence-corrected chi connectivity index (χ0v) is 12.8. The van der Waals surface area contributed by atoms with Gasteiger partial charge in [0.05, 0.1) is 14.2 Å². The van der Waals surface area contributed by atoms with Crippen molar-refractivity contribution >= 4 is 12.2 Å². The fraction of sp³-hybridized carbons (Fsp3) is 0.412.